The van der Waals surface area contributed by atoms with Crippen LogP contribution in [0.4, 0.5) is 0 Å². The Morgan fingerprint density at radius 2 is 1.86 bits per heavy atom. The lowest BCUT2D eigenvalue weighted by Crippen LogP contribution is -2.62. The second kappa shape index (κ2) is 7.85. The van der Waals surface area contributed by atoms with Gasteiger partial charge in [0.15, 0.2) is 0 Å². The minimum Gasteiger partial charge on any atom is -0.381 e. The van der Waals surface area contributed by atoms with Gasteiger partial charge >= 0.3 is 0 Å². The Labute approximate surface area is 171 Å². The summed E-state index contributed by atoms with van der Waals surface area (Å²) in [6, 6.07) is 0. The zero-order chi connectivity index (χ0) is 20.7. The number of allylic oxidation sites excluding steroid dienone is 1. The van der Waals surface area contributed by atoms with Crippen LogP contribution in [0.5, 0.6) is 0 Å². The van der Waals surface area contributed by atoms with Gasteiger partial charge in [-0.05, 0) is 55.8 Å². The molecule has 0 aromatic carbocycles. The molecule has 0 saturated heterocycles. The van der Waals surface area contributed by atoms with Crippen molar-refractivity contribution in [2.45, 2.75) is 78.4 Å². The zero-order valence-corrected chi connectivity index (χ0v) is 18.8. The van der Waals surface area contributed by atoms with Crippen LogP contribution in [0, 0.1) is 34.0 Å². The number of hydrogen-bond donors (Lipinski definition) is 0. The minimum absolute atomic E-state index is 0.0105. The molecule has 4 nitrogen and oxygen atoms in total. The van der Waals surface area contributed by atoms with Crippen molar-refractivity contribution in [2.75, 3.05) is 21.0 Å². The predicted molar refractivity (Wildman–Crippen MR) is 111 cm³/mol. The number of methoxy groups -OCH3 is 2. The maximum atomic E-state index is 13.9. The van der Waals surface area contributed by atoms with Crippen LogP contribution < -0.4 is 0 Å². The van der Waals surface area contributed by atoms with Crippen molar-refractivity contribution in [3.8, 4) is 0 Å². The van der Waals surface area contributed by atoms with Crippen molar-refractivity contribution in [1.82, 2.24) is 0 Å². The van der Waals surface area contributed by atoms with Crippen LogP contribution >= 0.6 is 0 Å². The Morgan fingerprint density at radius 1 is 1.18 bits per heavy atom. The molecule has 0 spiro atoms. The van der Waals surface area contributed by atoms with Gasteiger partial charge in [0.1, 0.15) is 12.6 Å². The summed E-state index contributed by atoms with van der Waals surface area (Å²) in [6.45, 7) is 13.3. The molecule has 3 aliphatic carbocycles. The molecule has 2 bridgehead atoms. The molecule has 3 rings (SSSR count). The number of ether oxygens (including phenoxy) is 3. The van der Waals surface area contributed by atoms with Crippen molar-refractivity contribution < 1.29 is 19.0 Å². The molecule has 3 aliphatic rings. The first-order chi connectivity index (χ1) is 13.2. The van der Waals surface area contributed by atoms with Crippen molar-refractivity contribution in [2.24, 2.45) is 34.0 Å². The van der Waals surface area contributed by atoms with E-state index in [0.29, 0.717) is 24.0 Å². The monoisotopic (exact) mass is 392 g/mol. The van der Waals surface area contributed by atoms with Crippen LogP contribution in [0.2, 0.25) is 0 Å². The van der Waals surface area contributed by atoms with Gasteiger partial charge in [0, 0.05) is 31.0 Å². The Morgan fingerprint density at radius 3 is 2.46 bits per heavy atom. The number of carbonyl (C=O) groups is 1. The SMILES string of the molecule is C=CC[C@]1(C)C[C@@H](OCOC)[C@@]2(C)C3[C@H](OC)CCC3(CC[C@H]2C)[C@@H](C)C1=O. The highest BCUT2D eigenvalue weighted by Crippen LogP contribution is 2.68. The van der Waals surface area contributed by atoms with Crippen LogP contribution in [0.25, 0.3) is 0 Å². The van der Waals surface area contributed by atoms with Crippen molar-refractivity contribution in [3.05, 3.63) is 12.7 Å². The first kappa shape index (κ1) is 22.0. The molecule has 2 unspecified atom stereocenters. The van der Waals surface area contributed by atoms with Crippen molar-refractivity contribution in [1.29, 1.82) is 0 Å². The first-order valence-electron chi connectivity index (χ1n) is 11.0. The van der Waals surface area contributed by atoms with Crippen molar-refractivity contribution in [3.63, 3.8) is 0 Å². The summed E-state index contributed by atoms with van der Waals surface area (Å²) in [7, 11) is 3.51. The third kappa shape index (κ3) is 3.02. The second-order valence-electron chi connectivity index (χ2n) is 10.2. The van der Waals surface area contributed by atoms with Gasteiger partial charge in [-0.2, -0.15) is 0 Å². The van der Waals surface area contributed by atoms with Crippen LogP contribution in [-0.4, -0.2) is 39.0 Å². The number of ketones is 1. The lowest BCUT2D eigenvalue weighted by Gasteiger charge is -2.62. The summed E-state index contributed by atoms with van der Waals surface area (Å²) < 4.78 is 17.7. The molecule has 0 aromatic rings. The molecule has 3 fully saturated rings. The summed E-state index contributed by atoms with van der Waals surface area (Å²) >= 11 is 0. The number of carbonyl (C=O) groups excluding carboxylic acids is 1. The molecule has 0 N–H and O–H groups in total. The summed E-state index contributed by atoms with van der Waals surface area (Å²) in [5.74, 6) is 1.27. The van der Waals surface area contributed by atoms with E-state index >= 15 is 0 Å². The quantitative estimate of drug-likeness (QED) is 0.470. The molecule has 3 saturated carbocycles. The molecule has 8 atom stereocenters. The highest BCUT2D eigenvalue weighted by atomic mass is 16.7. The Bertz CT molecular complexity index is 603. The molecule has 28 heavy (non-hydrogen) atoms. The maximum absolute atomic E-state index is 13.9. The number of rotatable bonds is 6. The first-order valence-corrected chi connectivity index (χ1v) is 11.0. The minimum atomic E-state index is -0.443. The Kier molecular flexibility index (Phi) is 6.16. The Hall–Kier alpha value is -0.710. The van der Waals surface area contributed by atoms with Crippen LogP contribution in [0.1, 0.15) is 66.2 Å². The molecule has 0 radical (unpaired) electrons. The lowest BCUT2D eigenvalue weighted by molar-refractivity contribution is -0.219. The highest BCUT2D eigenvalue weighted by Gasteiger charge is 2.68. The van der Waals surface area contributed by atoms with E-state index in [4.69, 9.17) is 14.2 Å². The van der Waals surface area contributed by atoms with E-state index in [1.807, 2.05) is 13.2 Å². The van der Waals surface area contributed by atoms with Gasteiger partial charge in [-0.3, -0.25) is 4.79 Å². The normalized spacial score (nSPS) is 48.6. The number of hydrogen-bond acceptors (Lipinski definition) is 4. The molecule has 0 aromatic heterocycles. The fourth-order valence-electron chi connectivity index (χ4n) is 7.39. The second-order valence-corrected chi connectivity index (χ2v) is 10.2. The van der Waals surface area contributed by atoms with Crippen LogP contribution in [-0.2, 0) is 19.0 Å². The van der Waals surface area contributed by atoms with E-state index in [-0.39, 0.29) is 35.7 Å². The zero-order valence-electron chi connectivity index (χ0n) is 18.8. The van der Waals surface area contributed by atoms with Gasteiger partial charge in [-0.15, -0.1) is 6.58 Å². The Balaban J connectivity index is 2.18. The summed E-state index contributed by atoms with van der Waals surface area (Å²) in [6.07, 6.45) is 7.85. The van der Waals surface area contributed by atoms with E-state index in [1.54, 1.807) is 7.11 Å². The van der Waals surface area contributed by atoms with Crippen LogP contribution in [0.3, 0.4) is 0 Å². The third-order valence-corrected chi connectivity index (χ3v) is 9.13. The predicted octanol–water partition coefficient (Wildman–Crippen LogP) is 5.01. The molecule has 0 aliphatic heterocycles. The highest BCUT2D eigenvalue weighted by molar-refractivity contribution is 5.87. The fraction of sp³-hybridized carbons (Fsp3) is 0.875. The lowest BCUT2D eigenvalue weighted by atomic mass is 9.44. The summed E-state index contributed by atoms with van der Waals surface area (Å²) in [5, 5.41) is 0. The van der Waals surface area contributed by atoms with E-state index in [9.17, 15) is 4.79 Å². The van der Waals surface area contributed by atoms with Gasteiger partial charge in [-0.1, -0.05) is 33.8 Å². The van der Waals surface area contributed by atoms with Crippen molar-refractivity contribution >= 4 is 5.78 Å². The average Bonchev–Trinajstić information content (AvgIpc) is 3.07. The van der Waals surface area contributed by atoms with Gasteiger partial charge in [0.2, 0.25) is 0 Å². The number of Topliss-reactive ketones (excluding diaryl/α,β-unsaturated/α-hetero) is 1. The smallest absolute Gasteiger partial charge is 0.146 e. The standard InChI is InChI=1S/C24H40O4/c1-8-11-22(4)14-19(28-15-26-6)23(5)16(2)9-12-24(17(3)21(22)25)13-10-18(27-7)20(23)24/h8,16-20H,1,9-15H2,2-7H3/t16-,17+,18-,19-,20?,22-,23+,24?/m1/s1. The molecule has 4 heteroatoms. The van der Waals surface area contributed by atoms with Gasteiger partial charge in [-0.25, -0.2) is 0 Å². The molecular formula is C24H40O4. The van der Waals surface area contributed by atoms with Gasteiger partial charge < -0.3 is 14.2 Å². The van der Waals surface area contributed by atoms with Gasteiger partial charge in [0.25, 0.3) is 0 Å². The summed E-state index contributed by atoms with van der Waals surface area (Å²) in [5.41, 5.74) is -0.483. The average molecular weight is 393 g/mol. The maximum Gasteiger partial charge on any atom is 0.146 e. The van der Waals surface area contributed by atoms with Crippen LogP contribution in [0.15, 0.2) is 12.7 Å². The van der Waals surface area contributed by atoms with Gasteiger partial charge in [0.05, 0.1) is 12.2 Å². The summed E-state index contributed by atoms with van der Waals surface area (Å²) in [4.78, 5) is 13.9. The fourth-order valence-corrected chi connectivity index (χ4v) is 7.39. The molecule has 0 amide bonds. The van der Waals surface area contributed by atoms with E-state index in [0.717, 1.165) is 32.1 Å². The van der Waals surface area contributed by atoms with E-state index < -0.39 is 5.41 Å². The van der Waals surface area contributed by atoms with E-state index in [2.05, 4.69) is 34.3 Å². The van der Waals surface area contributed by atoms with E-state index in [1.165, 1.54) is 0 Å². The molecule has 0 heterocycles. The third-order valence-electron chi connectivity index (χ3n) is 9.13. The molecular weight excluding hydrogens is 352 g/mol. The largest absolute Gasteiger partial charge is 0.381 e. The topological polar surface area (TPSA) is 44.8 Å². The molecule has 160 valence electrons.